The van der Waals surface area contributed by atoms with Gasteiger partial charge in [-0.3, -0.25) is 0 Å². The van der Waals surface area contributed by atoms with Gasteiger partial charge in [-0.05, 0) is 31.0 Å². The molecule has 0 aliphatic rings. The molecule has 0 fully saturated rings. The molecule has 1 rings (SSSR count). The van der Waals surface area contributed by atoms with Crippen LogP contribution < -0.4 is 10.6 Å². The first kappa shape index (κ1) is 12.0. The monoisotopic (exact) mass is 207 g/mol. The number of rotatable bonds is 5. The predicted octanol–water partition coefficient (Wildman–Crippen LogP) is 2.34. The lowest BCUT2D eigenvalue weighted by molar-refractivity contribution is 0.755. The third-order valence-corrected chi connectivity index (χ3v) is 2.53. The summed E-state index contributed by atoms with van der Waals surface area (Å²) in [6, 6.07) is 4.12. The van der Waals surface area contributed by atoms with Crippen LogP contribution in [0.15, 0.2) is 18.3 Å². The Hall–Kier alpha value is -1.09. The molecule has 3 heteroatoms. The fraction of sp³-hybridized carbons (Fsp3) is 0.583. The van der Waals surface area contributed by atoms with Crippen molar-refractivity contribution in [3.63, 3.8) is 0 Å². The normalized spacial score (nSPS) is 12.5. The van der Waals surface area contributed by atoms with Crippen LogP contribution in [0.2, 0.25) is 0 Å². The van der Waals surface area contributed by atoms with Gasteiger partial charge in [0.25, 0.3) is 0 Å². The van der Waals surface area contributed by atoms with Crippen LogP contribution in [0.4, 0.5) is 5.82 Å². The number of anilines is 1. The Kier molecular flexibility index (Phi) is 4.56. The molecule has 1 atom stereocenters. The summed E-state index contributed by atoms with van der Waals surface area (Å²) >= 11 is 0. The zero-order valence-corrected chi connectivity index (χ0v) is 9.90. The number of aromatic nitrogens is 1. The molecule has 2 N–H and O–H groups in total. The standard InChI is InChI=1S/C12H21N3/c1-4-5-8-15(3)12-9-11(10(2)13)6-7-14-12/h6-7,9-10H,4-5,8,13H2,1-3H3. The summed E-state index contributed by atoms with van der Waals surface area (Å²) in [6.07, 6.45) is 4.23. The minimum atomic E-state index is 0.0753. The molecule has 0 saturated heterocycles. The lowest BCUT2D eigenvalue weighted by Crippen LogP contribution is -2.20. The highest BCUT2D eigenvalue weighted by Crippen LogP contribution is 2.15. The first-order chi connectivity index (χ1) is 7.15. The van der Waals surface area contributed by atoms with E-state index in [2.05, 4.69) is 29.9 Å². The molecule has 1 heterocycles. The van der Waals surface area contributed by atoms with Crippen molar-refractivity contribution in [1.82, 2.24) is 4.98 Å². The van der Waals surface area contributed by atoms with Gasteiger partial charge in [0.05, 0.1) is 0 Å². The smallest absolute Gasteiger partial charge is 0.128 e. The van der Waals surface area contributed by atoms with Gasteiger partial charge in [0.1, 0.15) is 5.82 Å². The molecule has 84 valence electrons. The van der Waals surface area contributed by atoms with Crippen molar-refractivity contribution >= 4 is 5.82 Å². The van der Waals surface area contributed by atoms with E-state index in [1.54, 1.807) is 0 Å². The van der Waals surface area contributed by atoms with Gasteiger partial charge in [0.2, 0.25) is 0 Å². The van der Waals surface area contributed by atoms with E-state index in [4.69, 9.17) is 5.73 Å². The zero-order chi connectivity index (χ0) is 11.3. The fourth-order valence-electron chi connectivity index (χ4n) is 1.44. The molecule has 0 bridgehead atoms. The van der Waals surface area contributed by atoms with Crippen molar-refractivity contribution in [1.29, 1.82) is 0 Å². The van der Waals surface area contributed by atoms with E-state index in [0.717, 1.165) is 17.9 Å². The summed E-state index contributed by atoms with van der Waals surface area (Å²) in [7, 11) is 2.07. The number of hydrogen-bond donors (Lipinski definition) is 1. The van der Waals surface area contributed by atoms with E-state index < -0.39 is 0 Å². The van der Waals surface area contributed by atoms with Crippen LogP contribution in [-0.4, -0.2) is 18.6 Å². The molecule has 0 radical (unpaired) electrons. The Labute approximate surface area is 92.3 Å². The average molecular weight is 207 g/mol. The van der Waals surface area contributed by atoms with Gasteiger partial charge in [0, 0.05) is 25.8 Å². The lowest BCUT2D eigenvalue weighted by Gasteiger charge is -2.18. The first-order valence-corrected chi connectivity index (χ1v) is 5.57. The van der Waals surface area contributed by atoms with E-state index in [1.807, 2.05) is 19.2 Å². The van der Waals surface area contributed by atoms with Crippen molar-refractivity contribution in [3.8, 4) is 0 Å². The third kappa shape index (κ3) is 3.51. The van der Waals surface area contributed by atoms with E-state index in [1.165, 1.54) is 12.8 Å². The van der Waals surface area contributed by atoms with Gasteiger partial charge in [-0.1, -0.05) is 13.3 Å². The average Bonchev–Trinajstić information content (AvgIpc) is 2.26. The van der Waals surface area contributed by atoms with Crippen LogP contribution in [0.25, 0.3) is 0 Å². The van der Waals surface area contributed by atoms with Crippen LogP contribution in [0, 0.1) is 0 Å². The summed E-state index contributed by atoms with van der Waals surface area (Å²) in [5.41, 5.74) is 6.98. The first-order valence-electron chi connectivity index (χ1n) is 5.57. The summed E-state index contributed by atoms with van der Waals surface area (Å²) in [6.45, 7) is 5.23. The van der Waals surface area contributed by atoms with E-state index in [-0.39, 0.29) is 6.04 Å². The zero-order valence-electron chi connectivity index (χ0n) is 9.90. The Morgan fingerprint density at radius 3 is 2.87 bits per heavy atom. The minimum Gasteiger partial charge on any atom is -0.360 e. The highest BCUT2D eigenvalue weighted by atomic mass is 15.2. The van der Waals surface area contributed by atoms with E-state index in [9.17, 15) is 0 Å². The summed E-state index contributed by atoms with van der Waals surface area (Å²) < 4.78 is 0. The van der Waals surface area contributed by atoms with Crippen molar-refractivity contribution < 1.29 is 0 Å². The second kappa shape index (κ2) is 5.71. The minimum absolute atomic E-state index is 0.0753. The molecule has 0 aromatic carbocycles. The Balaban J connectivity index is 2.71. The molecule has 0 aliphatic heterocycles. The third-order valence-electron chi connectivity index (χ3n) is 2.53. The number of pyridine rings is 1. The molecule has 15 heavy (non-hydrogen) atoms. The summed E-state index contributed by atoms with van der Waals surface area (Å²) in [4.78, 5) is 6.52. The van der Waals surface area contributed by atoms with E-state index in [0.29, 0.717) is 0 Å². The quantitative estimate of drug-likeness (QED) is 0.805. The number of hydrogen-bond acceptors (Lipinski definition) is 3. The molecule has 1 aromatic rings. The van der Waals surface area contributed by atoms with Crippen LogP contribution in [-0.2, 0) is 0 Å². The Morgan fingerprint density at radius 2 is 2.27 bits per heavy atom. The second-order valence-corrected chi connectivity index (χ2v) is 4.01. The van der Waals surface area contributed by atoms with Crippen molar-refractivity contribution in [2.75, 3.05) is 18.5 Å². The van der Waals surface area contributed by atoms with Crippen molar-refractivity contribution in [2.24, 2.45) is 5.73 Å². The summed E-state index contributed by atoms with van der Waals surface area (Å²) in [5.74, 6) is 1.01. The van der Waals surface area contributed by atoms with Crippen LogP contribution in [0.1, 0.15) is 38.3 Å². The largest absolute Gasteiger partial charge is 0.360 e. The van der Waals surface area contributed by atoms with Crippen LogP contribution in [0.5, 0.6) is 0 Å². The maximum Gasteiger partial charge on any atom is 0.128 e. The predicted molar refractivity (Wildman–Crippen MR) is 65.0 cm³/mol. The molecule has 0 aliphatic carbocycles. The number of unbranched alkanes of at least 4 members (excludes halogenated alkanes) is 1. The molecule has 3 nitrogen and oxygen atoms in total. The molecular weight excluding hydrogens is 186 g/mol. The molecule has 0 amide bonds. The number of nitrogens with zero attached hydrogens (tertiary/aromatic N) is 2. The molecular formula is C12H21N3. The maximum atomic E-state index is 5.84. The van der Waals surface area contributed by atoms with Gasteiger partial charge in [0.15, 0.2) is 0 Å². The fourth-order valence-corrected chi connectivity index (χ4v) is 1.44. The highest BCUT2D eigenvalue weighted by Gasteiger charge is 2.04. The van der Waals surface area contributed by atoms with Gasteiger partial charge < -0.3 is 10.6 Å². The SMILES string of the molecule is CCCCN(C)c1cc(C(C)N)ccn1. The highest BCUT2D eigenvalue weighted by molar-refractivity contribution is 5.40. The van der Waals surface area contributed by atoms with Crippen LogP contribution in [0.3, 0.4) is 0 Å². The van der Waals surface area contributed by atoms with Crippen LogP contribution >= 0.6 is 0 Å². The van der Waals surface area contributed by atoms with Gasteiger partial charge in [-0.15, -0.1) is 0 Å². The van der Waals surface area contributed by atoms with Gasteiger partial charge in [-0.2, -0.15) is 0 Å². The summed E-state index contributed by atoms with van der Waals surface area (Å²) in [5, 5.41) is 0. The van der Waals surface area contributed by atoms with Crippen molar-refractivity contribution in [3.05, 3.63) is 23.9 Å². The van der Waals surface area contributed by atoms with Gasteiger partial charge in [-0.25, -0.2) is 4.98 Å². The molecule has 0 saturated carbocycles. The number of nitrogens with two attached hydrogens (primary N) is 1. The molecule has 0 spiro atoms. The Bertz CT molecular complexity index is 297. The topological polar surface area (TPSA) is 42.1 Å². The molecule has 1 aromatic heterocycles. The lowest BCUT2D eigenvalue weighted by atomic mass is 10.1. The second-order valence-electron chi connectivity index (χ2n) is 4.01. The molecule has 1 unspecified atom stereocenters. The Morgan fingerprint density at radius 1 is 1.53 bits per heavy atom. The maximum absolute atomic E-state index is 5.84. The van der Waals surface area contributed by atoms with Crippen molar-refractivity contribution in [2.45, 2.75) is 32.7 Å². The van der Waals surface area contributed by atoms with E-state index >= 15 is 0 Å². The van der Waals surface area contributed by atoms with Gasteiger partial charge >= 0.3 is 0 Å².